The van der Waals surface area contributed by atoms with Crippen molar-refractivity contribution < 1.29 is 22.7 Å². The molecule has 8 rings (SSSR count). The van der Waals surface area contributed by atoms with E-state index in [4.69, 9.17) is 0 Å². The number of rotatable bonds is 2. The molecule has 2 aromatic carbocycles. The maximum atomic E-state index is 13.8. The smallest absolute Gasteiger partial charge is 0.248 e. The molecule has 0 radical (unpaired) electrons. The van der Waals surface area contributed by atoms with E-state index in [1.54, 1.807) is 18.9 Å². The van der Waals surface area contributed by atoms with Crippen LogP contribution in [0.1, 0.15) is 68.2 Å². The average molecular weight is 565 g/mol. The number of aliphatic hydroxyl groups is 1. The molecule has 5 atom stereocenters. The molecule has 0 saturated heterocycles. The Morgan fingerprint density at radius 1 is 0.707 bits per heavy atom. The molecule has 4 aliphatic rings. The first-order valence-electron chi connectivity index (χ1n) is 14.4. The van der Waals surface area contributed by atoms with E-state index in [1.807, 2.05) is 47.2 Å². The van der Waals surface area contributed by atoms with Gasteiger partial charge in [0, 0.05) is 42.7 Å². The zero-order chi connectivity index (χ0) is 28.4. The number of benzene rings is 2. The second-order valence-electron chi connectivity index (χ2n) is 12.0. The highest BCUT2D eigenvalue weighted by molar-refractivity contribution is 5.70. The molecular formula is C32H32F4N4O. The molecule has 1 N–H and O–H groups in total. The van der Waals surface area contributed by atoms with Gasteiger partial charge in [-0.25, -0.2) is 27.5 Å². The van der Waals surface area contributed by atoms with Gasteiger partial charge in [-0.3, -0.25) is 0 Å². The molecule has 2 saturated carbocycles. The summed E-state index contributed by atoms with van der Waals surface area (Å²) in [4.78, 5) is 8.34. The van der Waals surface area contributed by atoms with Crippen LogP contribution >= 0.6 is 0 Å². The summed E-state index contributed by atoms with van der Waals surface area (Å²) in [6.45, 7) is 0. The van der Waals surface area contributed by atoms with Gasteiger partial charge in [0.05, 0.1) is 54.6 Å². The standard InChI is InChI=1S/C16H16F2N2O.C16H16F2N2/c17-16(18)6-5-14(21)12(7-16)15-11-4-2-1-3-10(11)13-8-19-9-20(13)15;17-16(18)7-3-4-11(8-16)15-13-6-2-1-5-12(13)14-9-19-10-20(14)15/h1-4,8-9,12,14-15,21H,5-7H2;1-2,5-6,9-11,15H,3-4,7-8H2/t12-,14-,15+;11-,15+/m10/s1. The Morgan fingerprint density at radius 2 is 1.27 bits per heavy atom. The van der Waals surface area contributed by atoms with E-state index in [9.17, 15) is 22.7 Å². The highest BCUT2D eigenvalue weighted by Crippen LogP contribution is 2.51. The third-order valence-corrected chi connectivity index (χ3v) is 9.41. The molecular weight excluding hydrogens is 532 g/mol. The first-order chi connectivity index (χ1) is 19.7. The Morgan fingerprint density at radius 3 is 1.90 bits per heavy atom. The molecule has 2 aromatic heterocycles. The molecule has 5 nitrogen and oxygen atoms in total. The summed E-state index contributed by atoms with van der Waals surface area (Å²) in [5.74, 6) is -5.69. The van der Waals surface area contributed by atoms with Crippen LogP contribution in [0.5, 0.6) is 0 Å². The highest BCUT2D eigenvalue weighted by atomic mass is 19.3. The summed E-state index contributed by atoms with van der Waals surface area (Å²) in [6, 6.07) is 15.7. The van der Waals surface area contributed by atoms with Crippen LogP contribution in [0.4, 0.5) is 17.6 Å². The van der Waals surface area contributed by atoms with Gasteiger partial charge >= 0.3 is 0 Å². The Labute approximate surface area is 235 Å². The molecule has 41 heavy (non-hydrogen) atoms. The zero-order valence-corrected chi connectivity index (χ0v) is 22.5. The lowest BCUT2D eigenvalue weighted by atomic mass is 9.77. The normalized spacial score (nSPS) is 28.6. The lowest BCUT2D eigenvalue weighted by molar-refractivity contribution is -0.0990. The Hall–Kier alpha value is -3.46. The topological polar surface area (TPSA) is 55.9 Å². The summed E-state index contributed by atoms with van der Waals surface area (Å²) < 4.78 is 59.2. The summed E-state index contributed by atoms with van der Waals surface area (Å²) >= 11 is 0. The van der Waals surface area contributed by atoms with Gasteiger partial charge in [0.25, 0.3) is 0 Å². The second-order valence-corrected chi connectivity index (χ2v) is 12.0. The minimum absolute atomic E-state index is 0.00431. The van der Waals surface area contributed by atoms with Crippen LogP contribution in [-0.2, 0) is 0 Å². The molecule has 214 valence electrons. The van der Waals surface area contributed by atoms with Crippen LogP contribution in [0.3, 0.4) is 0 Å². The lowest BCUT2D eigenvalue weighted by Crippen LogP contribution is -2.40. The fourth-order valence-corrected chi connectivity index (χ4v) is 7.62. The van der Waals surface area contributed by atoms with E-state index in [1.165, 1.54) is 5.56 Å². The minimum Gasteiger partial charge on any atom is -0.393 e. The van der Waals surface area contributed by atoms with Gasteiger partial charge in [0.15, 0.2) is 0 Å². The molecule has 0 unspecified atom stereocenters. The fourth-order valence-electron chi connectivity index (χ4n) is 7.62. The Bertz CT molecular complexity index is 1560. The molecule has 4 aromatic rings. The van der Waals surface area contributed by atoms with Crippen molar-refractivity contribution >= 4 is 0 Å². The Balaban J connectivity index is 0.000000135. The van der Waals surface area contributed by atoms with Crippen LogP contribution in [0.2, 0.25) is 0 Å². The van der Waals surface area contributed by atoms with Crippen LogP contribution in [-0.4, -0.2) is 42.2 Å². The van der Waals surface area contributed by atoms with Gasteiger partial charge in [0.2, 0.25) is 11.8 Å². The number of hydrogen-bond acceptors (Lipinski definition) is 3. The van der Waals surface area contributed by atoms with Crippen molar-refractivity contribution in [3.8, 4) is 22.5 Å². The number of aromatic nitrogens is 4. The van der Waals surface area contributed by atoms with Gasteiger partial charge in [-0.05, 0) is 36.3 Å². The number of imidazole rings is 2. The van der Waals surface area contributed by atoms with E-state index < -0.39 is 23.9 Å². The van der Waals surface area contributed by atoms with E-state index in [0.717, 1.165) is 34.5 Å². The molecule has 2 aliphatic heterocycles. The summed E-state index contributed by atoms with van der Waals surface area (Å²) in [6.07, 6.45) is 7.51. The quantitative estimate of drug-likeness (QED) is 0.256. The Kier molecular flexibility index (Phi) is 6.34. The fraction of sp³-hybridized carbons (Fsp3) is 0.438. The summed E-state index contributed by atoms with van der Waals surface area (Å²) in [7, 11) is 0. The maximum absolute atomic E-state index is 13.8. The number of fused-ring (bicyclic) bond motifs is 6. The van der Waals surface area contributed by atoms with E-state index in [2.05, 4.69) is 26.7 Å². The molecule has 9 heteroatoms. The molecule has 0 bridgehead atoms. The van der Waals surface area contributed by atoms with Crippen LogP contribution < -0.4 is 0 Å². The van der Waals surface area contributed by atoms with Crippen molar-refractivity contribution in [1.29, 1.82) is 0 Å². The number of aliphatic hydroxyl groups excluding tert-OH is 1. The van der Waals surface area contributed by atoms with Crippen molar-refractivity contribution in [2.45, 2.75) is 75.0 Å². The zero-order valence-electron chi connectivity index (χ0n) is 22.5. The van der Waals surface area contributed by atoms with Gasteiger partial charge < -0.3 is 14.2 Å². The number of nitrogens with zero attached hydrogens (tertiary/aromatic N) is 4. The van der Waals surface area contributed by atoms with Gasteiger partial charge in [0.1, 0.15) is 0 Å². The third-order valence-electron chi connectivity index (χ3n) is 9.41. The monoisotopic (exact) mass is 564 g/mol. The van der Waals surface area contributed by atoms with E-state index >= 15 is 0 Å². The molecule has 4 heterocycles. The van der Waals surface area contributed by atoms with Gasteiger partial charge in [-0.15, -0.1) is 0 Å². The highest BCUT2D eigenvalue weighted by Gasteiger charge is 2.47. The SMILES string of the molecule is FC1(F)CCC[C@H]([C@@H]2c3ccccc3-c3cncn32)C1.O[C@@H]1CCC(F)(F)C[C@H]1[C@@H]1c2ccccc2-c2cncn21. The van der Waals surface area contributed by atoms with Crippen molar-refractivity contribution in [3.63, 3.8) is 0 Å². The molecule has 2 aliphatic carbocycles. The average Bonchev–Trinajstić information content (AvgIpc) is 3.71. The predicted octanol–water partition coefficient (Wildman–Crippen LogP) is 7.53. The summed E-state index contributed by atoms with van der Waals surface area (Å²) in [5, 5.41) is 10.3. The van der Waals surface area contributed by atoms with Gasteiger partial charge in [-0.2, -0.15) is 0 Å². The van der Waals surface area contributed by atoms with Crippen LogP contribution in [0.25, 0.3) is 22.5 Å². The molecule has 0 amide bonds. The molecule has 0 spiro atoms. The predicted molar refractivity (Wildman–Crippen MR) is 147 cm³/mol. The lowest BCUT2D eigenvalue weighted by Gasteiger charge is -2.37. The first-order valence-corrected chi connectivity index (χ1v) is 14.4. The minimum atomic E-state index is -2.69. The van der Waals surface area contributed by atoms with Crippen molar-refractivity contribution in [2.75, 3.05) is 0 Å². The summed E-state index contributed by atoms with van der Waals surface area (Å²) in [5.41, 5.74) is 6.35. The van der Waals surface area contributed by atoms with Crippen molar-refractivity contribution in [3.05, 3.63) is 84.7 Å². The number of halogens is 4. The second kappa shape index (κ2) is 9.82. The van der Waals surface area contributed by atoms with Crippen molar-refractivity contribution in [2.24, 2.45) is 11.8 Å². The van der Waals surface area contributed by atoms with E-state index in [-0.39, 0.29) is 50.1 Å². The number of hydrogen-bond donors (Lipinski definition) is 1. The van der Waals surface area contributed by atoms with Crippen LogP contribution in [0, 0.1) is 11.8 Å². The number of alkyl halides is 4. The van der Waals surface area contributed by atoms with E-state index in [0.29, 0.717) is 6.42 Å². The third kappa shape index (κ3) is 4.58. The largest absolute Gasteiger partial charge is 0.393 e. The maximum Gasteiger partial charge on any atom is 0.248 e. The van der Waals surface area contributed by atoms with Gasteiger partial charge in [-0.1, -0.05) is 48.5 Å². The van der Waals surface area contributed by atoms with Crippen LogP contribution in [0.15, 0.2) is 73.6 Å². The molecule has 2 fully saturated rings. The van der Waals surface area contributed by atoms with Crippen molar-refractivity contribution in [1.82, 2.24) is 19.1 Å². The first kappa shape index (κ1) is 26.4.